The summed E-state index contributed by atoms with van der Waals surface area (Å²) in [5.41, 5.74) is 0. The largest absolute Gasteiger partial charge is 0.323 e. The Balaban J connectivity index is 2.86. The van der Waals surface area contributed by atoms with Crippen LogP contribution in [0.1, 0.15) is 66.7 Å². The highest BCUT2D eigenvalue weighted by Crippen LogP contribution is 2.25. The van der Waals surface area contributed by atoms with Gasteiger partial charge in [0, 0.05) is 6.04 Å². The number of carbonyl (C=O) groups is 1. The van der Waals surface area contributed by atoms with E-state index in [1.54, 1.807) is 0 Å². The van der Waals surface area contributed by atoms with E-state index in [1.807, 2.05) is 0 Å². The van der Waals surface area contributed by atoms with E-state index >= 15 is 0 Å². The molecule has 3 unspecified atom stereocenters. The van der Waals surface area contributed by atoms with Crippen molar-refractivity contribution in [3.8, 4) is 0 Å². The first-order valence-corrected chi connectivity index (χ1v) is 7.68. The van der Waals surface area contributed by atoms with Crippen molar-refractivity contribution in [3.63, 3.8) is 0 Å². The lowest BCUT2D eigenvalue weighted by atomic mass is 9.99. The maximum atomic E-state index is 12.6. The minimum atomic E-state index is 0.0344. The third-order valence-electron chi connectivity index (χ3n) is 4.34. The Kier molecular flexibility index (Phi) is 6.13. The number of hydrogen-bond acceptors (Lipinski definition) is 2. The molecule has 0 aromatic heterocycles. The van der Waals surface area contributed by atoms with Gasteiger partial charge in [0.05, 0.1) is 12.2 Å². The summed E-state index contributed by atoms with van der Waals surface area (Å²) in [6.45, 7) is 10.9. The number of hydrogen-bond donors (Lipinski definition) is 1. The minimum Gasteiger partial charge on any atom is -0.323 e. The van der Waals surface area contributed by atoms with Gasteiger partial charge in [-0.3, -0.25) is 10.1 Å². The first kappa shape index (κ1) is 15.5. The van der Waals surface area contributed by atoms with Gasteiger partial charge >= 0.3 is 0 Å². The molecule has 0 radical (unpaired) electrons. The predicted molar refractivity (Wildman–Crippen MR) is 76.3 cm³/mol. The Morgan fingerprint density at radius 2 is 1.78 bits per heavy atom. The van der Waals surface area contributed by atoms with Crippen molar-refractivity contribution in [2.24, 2.45) is 5.92 Å². The van der Waals surface area contributed by atoms with Crippen molar-refractivity contribution in [2.45, 2.75) is 85.0 Å². The molecule has 1 N–H and O–H groups in total. The molecule has 0 aromatic rings. The van der Waals surface area contributed by atoms with Gasteiger partial charge < -0.3 is 4.90 Å². The maximum Gasteiger partial charge on any atom is 0.241 e. The van der Waals surface area contributed by atoms with E-state index in [0.717, 1.165) is 32.1 Å². The summed E-state index contributed by atoms with van der Waals surface area (Å²) in [5, 5.41) is 3.57. The van der Waals surface area contributed by atoms with Crippen LogP contribution in [0.25, 0.3) is 0 Å². The molecule has 1 aliphatic heterocycles. The Bertz CT molecular complexity index is 263. The molecule has 1 fully saturated rings. The molecule has 0 bridgehead atoms. The molecule has 0 saturated carbocycles. The molecular weight excluding hydrogens is 224 g/mol. The molecule has 1 amide bonds. The van der Waals surface area contributed by atoms with Gasteiger partial charge in [-0.1, -0.05) is 47.5 Å². The van der Waals surface area contributed by atoms with Crippen LogP contribution in [0.2, 0.25) is 0 Å². The molecule has 3 atom stereocenters. The zero-order valence-corrected chi connectivity index (χ0v) is 12.7. The Morgan fingerprint density at radius 1 is 1.17 bits per heavy atom. The van der Waals surface area contributed by atoms with Crippen molar-refractivity contribution in [3.05, 3.63) is 0 Å². The SMILES string of the molecule is CCCC1NC(C(C)CC)C(=O)N1C(CC)CC. The molecule has 1 aliphatic rings. The van der Waals surface area contributed by atoms with E-state index in [9.17, 15) is 4.79 Å². The van der Waals surface area contributed by atoms with Crippen LogP contribution >= 0.6 is 0 Å². The average molecular weight is 254 g/mol. The van der Waals surface area contributed by atoms with Gasteiger partial charge in [0.15, 0.2) is 0 Å². The third kappa shape index (κ3) is 3.05. The summed E-state index contributed by atoms with van der Waals surface area (Å²) < 4.78 is 0. The van der Waals surface area contributed by atoms with Crippen LogP contribution in [-0.2, 0) is 4.79 Å². The monoisotopic (exact) mass is 254 g/mol. The third-order valence-corrected chi connectivity index (χ3v) is 4.34. The number of nitrogens with one attached hydrogen (secondary N) is 1. The summed E-state index contributed by atoms with van der Waals surface area (Å²) in [7, 11) is 0. The summed E-state index contributed by atoms with van der Waals surface area (Å²) in [4.78, 5) is 14.8. The summed E-state index contributed by atoms with van der Waals surface area (Å²) in [6, 6.07) is 0.433. The maximum absolute atomic E-state index is 12.6. The second kappa shape index (κ2) is 7.13. The predicted octanol–water partition coefficient (Wildman–Crippen LogP) is 3.15. The molecule has 0 aliphatic carbocycles. The van der Waals surface area contributed by atoms with E-state index in [0.29, 0.717) is 17.9 Å². The summed E-state index contributed by atoms with van der Waals surface area (Å²) >= 11 is 0. The molecular formula is C15H30N2O. The second-order valence-electron chi connectivity index (χ2n) is 5.55. The Morgan fingerprint density at radius 3 is 2.22 bits per heavy atom. The number of amides is 1. The van der Waals surface area contributed by atoms with E-state index in [2.05, 4.69) is 44.8 Å². The Hall–Kier alpha value is -0.570. The molecule has 1 rings (SSSR count). The highest BCUT2D eigenvalue weighted by atomic mass is 16.2. The van der Waals surface area contributed by atoms with Gasteiger partial charge in [0.1, 0.15) is 0 Å². The van der Waals surface area contributed by atoms with Gasteiger partial charge in [0.25, 0.3) is 0 Å². The van der Waals surface area contributed by atoms with Crippen molar-refractivity contribution < 1.29 is 4.79 Å². The van der Waals surface area contributed by atoms with Gasteiger partial charge in [0.2, 0.25) is 5.91 Å². The van der Waals surface area contributed by atoms with Crippen LogP contribution in [0, 0.1) is 5.92 Å². The average Bonchev–Trinajstić information content (AvgIpc) is 2.69. The van der Waals surface area contributed by atoms with E-state index in [1.165, 1.54) is 0 Å². The number of nitrogens with zero attached hydrogens (tertiary/aromatic N) is 1. The van der Waals surface area contributed by atoms with E-state index in [4.69, 9.17) is 0 Å². The molecule has 3 nitrogen and oxygen atoms in total. The molecule has 3 heteroatoms. The quantitative estimate of drug-likeness (QED) is 0.757. The molecule has 0 spiro atoms. The summed E-state index contributed by atoms with van der Waals surface area (Å²) in [5.74, 6) is 0.757. The number of rotatable bonds is 7. The van der Waals surface area contributed by atoms with Crippen molar-refractivity contribution in [1.29, 1.82) is 0 Å². The zero-order valence-electron chi connectivity index (χ0n) is 12.7. The highest BCUT2D eigenvalue weighted by Gasteiger charge is 2.42. The van der Waals surface area contributed by atoms with Gasteiger partial charge in [-0.05, 0) is 25.2 Å². The van der Waals surface area contributed by atoms with Crippen molar-refractivity contribution in [2.75, 3.05) is 0 Å². The van der Waals surface area contributed by atoms with Crippen LogP contribution in [0.4, 0.5) is 0 Å². The van der Waals surface area contributed by atoms with Crippen LogP contribution in [-0.4, -0.2) is 29.1 Å². The topological polar surface area (TPSA) is 32.3 Å². The van der Waals surface area contributed by atoms with Crippen LogP contribution < -0.4 is 5.32 Å². The molecule has 1 heterocycles. The highest BCUT2D eigenvalue weighted by molar-refractivity contribution is 5.85. The lowest BCUT2D eigenvalue weighted by Gasteiger charge is -2.31. The van der Waals surface area contributed by atoms with Gasteiger partial charge in [-0.15, -0.1) is 0 Å². The van der Waals surface area contributed by atoms with Crippen LogP contribution in [0.5, 0.6) is 0 Å². The van der Waals surface area contributed by atoms with Crippen molar-refractivity contribution >= 4 is 5.91 Å². The lowest BCUT2D eigenvalue weighted by molar-refractivity contribution is -0.133. The zero-order chi connectivity index (χ0) is 13.7. The first-order valence-electron chi connectivity index (χ1n) is 7.68. The standard InChI is InChI=1S/C15H30N2O/c1-6-10-13-16-14(11(5)7-2)15(18)17(13)12(8-3)9-4/h11-14,16H,6-10H2,1-5H3. The summed E-state index contributed by atoms with van der Waals surface area (Å²) in [6.07, 6.45) is 5.60. The fraction of sp³-hybridized carbons (Fsp3) is 0.933. The van der Waals surface area contributed by atoms with E-state index in [-0.39, 0.29) is 12.2 Å². The molecule has 106 valence electrons. The fourth-order valence-corrected chi connectivity index (χ4v) is 2.93. The molecule has 18 heavy (non-hydrogen) atoms. The van der Waals surface area contributed by atoms with Gasteiger partial charge in [-0.2, -0.15) is 0 Å². The molecule has 1 saturated heterocycles. The normalized spacial score (nSPS) is 26.1. The van der Waals surface area contributed by atoms with E-state index < -0.39 is 0 Å². The second-order valence-corrected chi connectivity index (χ2v) is 5.55. The Labute approximate surface area is 112 Å². The van der Waals surface area contributed by atoms with Crippen LogP contribution in [0.3, 0.4) is 0 Å². The van der Waals surface area contributed by atoms with Gasteiger partial charge in [-0.25, -0.2) is 0 Å². The smallest absolute Gasteiger partial charge is 0.241 e. The fourth-order valence-electron chi connectivity index (χ4n) is 2.93. The van der Waals surface area contributed by atoms with Crippen molar-refractivity contribution in [1.82, 2.24) is 10.2 Å². The first-order chi connectivity index (χ1) is 8.60. The lowest BCUT2D eigenvalue weighted by Crippen LogP contribution is -2.44. The number of carbonyl (C=O) groups excluding carboxylic acids is 1. The minimum absolute atomic E-state index is 0.0344. The van der Waals surface area contributed by atoms with Crippen LogP contribution in [0.15, 0.2) is 0 Å². The molecule has 0 aromatic carbocycles.